The molecule has 1 amide bonds. The van der Waals surface area contributed by atoms with Crippen LogP contribution in [0.2, 0.25) is 0 Å². The molecule has 0 radical (unpaired) electrons. The highest BCUT2D eigenvalue weighted by atomic mass is 16.2. The summed E-state index contributed by atoms with van der Waals surface area (Å²) in [5, 5.41) is 3.37. The number of hydrogen-bond acceptors (Lipinski definition) is 4. The number of nitrogens with zero attached hydrogens (tertiary/aromatic N) is 1. The molecular formula is C12H26N4O. The highest BCUT2D eigenvalue weighted by Gasteiger charge is 2.23. The van der Waals surface area contributed by atoms with Crippen molar-refractivity contribution >= 4 is 5.91 Å². The predicted octanol–water partition coefficient (Wildman–Crippen LogP) is 0.0764. The van der Waals surface area contributed by atoms with Gasteiger partial charge in [0.25, 0.3) is 0 Å². The van der Waals surface area contributed by atoms with E-state index in [0.29, 0.717) is 6.04 Å². The van der Waals surface area contributed by atoms with E-state index in [-0.39, 0.29) is 11.8 Å². The monoisotopic (exact) mass is 242 g/mol. The Balaban J connectivity index is 2.49. The Morgan fingerprint density at radius 3 is 2.71 bits per heavy atom. The van der Waals surface area contributed by atoms with E-state index in [9.17, 15) is 4.79 Å². The van der Waals surface area contributed by atoms with E-state index >= 15 is 0 Å². The molecule has 1 aliphatic heterocycles. The second-order valence-electron chi connectivity index (χ2n) is 4.89. The third-order valence-electron chi connectivity index (χ3n) is 3.43. The third-order valence-corrected chi connectivity index (χ3v) is 3.43. The molecule has 100 valence electrons. The van der Waals surface area contributed by atoms with Crippen molar-refractivity contribution < 1.29 is 4.79 Å². The van der Waals surface area contributed by atoms with Crippen LogP contribution in [0, 0.1) is 5.92 Å². The molecule has 1 saturated heterocycles. The molecule has 0 aliphatic carbocycles. The fourth-order valence-electron chi connectivity index (χ4n) is 2.46. The van der Waals surface area contributed by atoms with Crippen LogP contribution in [-0.2, 0) is 4.79 Å². The van der Waals surface area contributed by atoms with Crippen LogP contribution < -0.4 is 16.6 Å². The van der Waals surface area contributed by atoms with E-state index in [1.165, 1.54) is 12.8 Å². The topological polar surface area (TPSA) is 70.4 Å². The summed E-state index contributed by atoms with van der Waals surface area (Å²) in [4.78, 5) is 13.9. The summed E-state index contributed by atoms with van der Waals surface area (Å²) in [6.07, 6.45) is 3.48. The van der Waals surface area contributed by atoms with Crippen LogP contribution in [0.1, 0.15) is 33.1 Å². The summed E-state index contributed by atoms with van der Waals surface area (Å²) < 4.78 is 0. The van der Waals surface area contributed by atoms with Crippen molar-refractivity contribution in [3.63, 3.8) is 0 Å². The van der Waals surface area contributed by atoms with Gasteiger partial charge in [0.2, 0.25) is 5.91 Å². The first-order valence-electron chi connectivity index (χ1n) is 6.64. The zero-order valence-electron chi connectivity index (χ0n) is 11.0. The lowest BCUT2D eigenvalue weighted by molar-refractivity contribution is -0.125. The van der Waals surface area contributed by atoms with Crippen molar-refractivity contribution in [1.82, 2.24) is 15.6 Å². The molecule has 0 aromatic heterocycles. The molecule has 0 bridgehead atoms. The maximum atomic E-state index is 11.5. The summed E-state index contributed by atoms with van der Waals surface area (Å²) >= 11 is 0. The minimum atomic E-state index is -0.0694. The molecule has 0 saturated carbocycles. The Morgan fingerprint density at radius 1 is 1.53 bits per heavy atom. The van der Waals surface area contributed by atoms with Crippen LogP contribution in [0.25, 0.3) is 0 Å². The SMILES string of the molecule is CCCN(CC(C)C(=O)NN)C1CCNCC1. The van der Waals surface area contributed by atoms with Gasteiger partial charge >= 0.3 is 0 Å². The molecule has 0 aromatic rings. The number of amides is 1. The predicted molar refractivity (Wildman–Crippen MR) is 69.2 cm³/mol. The van der Waals surface area contributed by atoms with Crippen LogP contribution in [0.15, 0.2) is 0 Å². The van der Waals surface area contributed by atoms with E-state index in [2.05, 4.69) is 22.6 Å². The lowest BCUT2D eigenvalue weighted by atomic mass is 10.0. The Labute approximate surface area is 104 Å². The summed E-state index contributed by atoms with van der Waals surface area (Å²) in [5.74, 6) is 5.06. The molecule has 1 rings (SSSR count). The van der Waals surface area contributed by atoms with E-state index in [1.54, 1.807) is 0 Å². The fourth-order valence-corrected chi connectivity index (χ4v) is 2.46. The van der Waals surface area contributed by atoms with Gasteiger partial charge in [0.05, 0.1) is 0 Å². The average Bonchev–Trinajstić information content (AvgIpc) is 2.38. The van der Waals surface area contributed by atoms with Crippen LogP contribution in [-0.4, -0.2) is 43.0 Å². The van der Waals surface area contributed by atoms with Gasteiger partial charge < -0.3 is 5.32 Å². The Hall–Kier alpha value is -0.650. The van der Waals surface area contributed by atoms with Crippen molar-refractivity contribution in [3.05, 3.63) is 0 Å². The first kappa shape index (κ1) is 14.4. The van der Waals surface area contributed by atoms with Crippen LogP contribution in [0.3, 0.4) is 0 Å². The molecule has 1 fully saturated rings. The zero-order valence-corrected chi connectivity index (χ0v) is 11.0. The van der Waals surface area contributed by atoms with Crippen LogP contribution >= 0.6 is 0 Å². The smallest absolute Gasteiger partial charge is 0.237 e. The summed E-state index contributed by atoms with van der Waals surface area (Å²) in [6, 6.07) is 0.615. The third kappa shape index (κ3) is 4.61. The molecule has 0 aromatic carbocycles. The van der Waals surface area contributed by atoms with Gasteiger partial charge in [-0.3, -0.25) is 15.1 Å². The van der Waals surface area contributed by atoms with E-state index in [1.807, 2.05) is 6.92 Å². The summed E-state index contributed by atoms with van der Waals surface area (Å²) in [6.45, 7) is 8.16. The van der Waals surface area contributed by atoms with Crippen molar-refractivity contribution in [2.45, 2.75) is 39.2 Å². The standard InChI is InChI=1S/C12H26N4O/c1-3-8-16(9-10(2)12(17)15-13)11-4-6-14-7-5-11/h10-11,14H,3-9,13H2,1-2H3,(H,15,17). The van der Waals surface area contributed by atoms with E-state index < -0.39 is 0 Å². The van der Waals surface area contributed by atoms with Gasteiger partial charge in [-0.05, 0) is 38.9 Å². The minimum Gasteiger partial charge on any atom is -0.317 e. The maximum Gasteiger partial charge on any atom is 0.237 e. The van der Waals surface area contributed by atoms with Gasteiger partial charge in [-0.2, -0.15) is 0 Å². The van der Waals surface area contributed by atoms with Crippen molar-refractivity contribution in [3.8, 4) is 0 Å². The number of hydrogen-bond donors (Lipinski definition) is 3. The molecular weight excluding hydrogens is 216 g/mol. The Bertz CT molecular complexity index is 229. The van der Waals surface area contributed by atoms with Crippen molar-refractivity contribution in [2.24, 2.45) is 11.8 Å². The van der Waals surface area contributed by atoms with Gasteiger partial charge in [0, 0.05) is 18.5 Å². The average molecular weight is 242 g/mol. The molecule has 17 heavy (non-hydrogen) atoms. The lowest BCUT2D eigenvalue weighted by Gasteiger charge is -2.35. The highest BCUT2D eigenvalue weighted by molar-refractivity contribution is 5.77. The van der Waals surface area contributed by atoms with E-state index in [0.717, 1.165) is 32.6 Å². The minimum absolute atomic E-state index is 0.0403. The van der Waals surface area contributed by atoms with Crippen molar-refractivity contribution in [2.75, 3.05) is 26.2 Å². The second kappa shape index (κ2) is 7.63. The van der Waals surface area contributed by atoms with Gasteiger partial charge in [0.1, 0.15) is 0 Å². The number of nitrogens with two attached hydrogens (primary N) is 1. The molecule has 4 N–H and O–H groups in total. The molecule has 1 unspecified atom stereocenters. The lowest BCUT2D eigenvalue weighted by Crippen LogP contribution is -2.47. The first-order valence-corrected chi connectivity index (χ1v) is 6.64. The maximum absolute atomic E-state index is 11.5. The number of carbonyl (C=O) groups excluding carboxylic acids is 1. The second-order valence-corrected chi connectivity index (χ2v) is 4.89. The Kier molecular flexibility index (Phi) is 6.47. The Morgan fingerprint density at radius 2 is 2.18 bits per heavy atom. The summed E-state index contributed by atoms with van der Waals surface area (Å²) in [7, 11) is 0. The van der Waals surface area contributed by atoms with Crippen molar-refractivity contribution in [1.29, 1.82) is 0 Å². The molecule has 5 heteroatoms. The quantitative estimate of drug-likeness (QED) is 0.350. The normalized spacial score (nSPS) is 19.3. The number of carbonyl (C=O) groups is 1. The fraction of sp³-hybridized carbons (Fsp3) is 0.917. The number of piperidine rings is 1. The molecule has 5 nitrogen and oxygen atoms in total. The van der Waals surface area contributed by atoms with Crippen LogP contribution in [0.4, 0.5) is 0 Å². The van der Waals surface area contributed by atoms with Gasteiger partial charge in [-0.1, -0.05) is 13.8 Å². The first-order chi connectivity index (χ1) is 8.19. The number of hydrazine groups is 1. The highest BCUT2D eigenvalue weighted by Crippen LogP contribution is 2.14. The number of rotatable bonds is 6. The number of nitrogens with one attached hydrogen (secondary N) is 2. The zero-order chi connectivity index (χ0) is 12.7. The molecule has 1 atom stereocenters. The molecule has 1 heterocycles. The molecule has 1 aliphatic rings. The van der Waals surface area contributed by atoms with Gasteiger partial charge in [0.15, 0.2) is 0 Å². The van der Waals surface area contributed by atoms with Crippen LogP contribution in [0.5, 0.6) is 0 Å². The van der Waals surface area contributed by atoms with E-state index in [4.69, 9.17) is 5.84 Å². The van der Waals surface area contributed by atoms with Gasteiger partial charge in [-0.15, -0.1) is 0 Å². The molecule has 0 spiro atoms. The largest absolute Gasteiger partial charge is 0.317 e. The summed E-state index contributed by atoms with van der Waals surface area (Å²) in [5.41, 5.74) is 2.24. The van der Waals surface area contributed by atoms with Gasteiger partial charge in [-0.25, -0.2) is 5.84 Å².